The summed E-state index contributed by atoms with van der Waals surface area (Å²) in [4.78, 5) is 31.5. The Labute approximate surface area is 198 Å². The normalized spacial score (nSPS) is 21.1. The number of H-pyrrole nitrogens is 1. The zero-order chi connectivity index (χ0) is 23.8. The molecule has 5 rings (SSSR count). The van der Waals surface area contributed by atoms with Gasteiger partial charge in [0.15, 0.2) is 0 Å². The van der Waals surface area contributed by atoms with Gasteiger partial charge in [0.1, 0.15) is 5.82 Å². The molecule has 0 spiro atoms. The van der Waals surface area contributed by atoms with Gasteiger partial charge in [-0.05, 0) is 81.5 Å². The van der Waals surface area contributed by atoms with E-state index in [9.17, 15) is 19.1 Å². The van der Waals surface area contributed by atoms with Gasteiger partial charge in [0, 0.05) is 35.7 Å². The van der Waals surface area contributed by atoms with E-state index in [1.165, 1.54) is 18.6 Å². The number of fused-ring (bicyclic) bond motifs is 2. The molecular weight excluding hydrogens is 435 g/mol. The lowest BCUT2D eigenvalue weighted by atomic mass is 9.86. The van der Waals surface area contributed by atoms with Gasteiger partial charge in [-0.3, -0.25) is 9.59 Å². The van der Waals surface area contributed by atoms with E-state index in [2.05, 4.69) is 20.5 Å². The number of anilines is 1. The molecule has 0 bridgehead atoms. The predicted octanol–water partition coefficient (Wildman–Crippen LogP) is 3.24. The number of aliphatic hydroxyl groups excluding tert-OH is 1. The number of nitrogens with zero attached hydrogens (tertiary/aromatic N) is 1. The Morgan fingerprint density at radius 3 is 2.79 bits per heavy atom. The van der Waals surface area contributed by atoms with E-state index in [0.29, 0.717) is 41.8 Å². The molecule has 2 aliphatic heterocycles. The number of hydrogen-bond donors (Lipinski definition) is 4. The molecule has 3 aliphatic rings. The van der Waals surface area contributed by atoms with E-state index >= 15 is 0 Å². The summed E-state index contributed by atoms with van der Waals surface area (Å²) in [6.07, 6.45) is 5.10. The molecule has 1 aromatic carbocycles. The molecule has 8 heteroatoms. The fourth-order valence-corrected chi connectivity index (χ4v) is 5.55. The monoisotopic (exact) mass is 466 g/mol. The number of benzene rings is 1. The van der Waals surface area contributed by atoms with Gasteiger partial charge < -0.3 is 25.6 Å². The number of likely N-dealkylation sites (tertiary alicyclic amines) is 1. The summed E-state index contributed by atoms with van der Waals surface area (Å²) in [5.74, 6) is -0.862. The lowest BCUT2D eigenvalue weighted by Gasteiger charge is -2.28. The van der Waals surface area contributed by atoms with Crippen molar-refractivity contribution in [3.8, 4) is 0 Å². The van der Waals surface area contributed by atoms with Crippen molar-refractivity contribution in [3.63, 3.8) is 0 Å². The number of β-amino-alcohol motifs (C(OH)–C–C–N with tert-alkyl or cyclic N) is 1. The summed E-state index contributed by atoms with van der Waals surface area (Å²) >= 11 is 0. The van der Waals surface area contributed by atoms with Crippen LogP contribution in [0.2, 0.25) is 0 Å². The Bertz CT molecular complexity index is 1160. The van der Waals surface area contributed by atoms with Crippen molar-refractivity contribution in [1.29, 1.82) is 0 Å². The maximum Gasteiger partial charge on any atom is 0.256 e. The minimum absolute atomic E-state index is 0.192. The van der Waals surface area contributed by atoms with E-state index in [4.69, 9.17) is 0 Å². The molecule has 0 saturated carbocycles. The number of nitrogens with one attached hydrogen (secondary N) is 3. The van der Waals surface area contributed by atoms with Crippen LogP contribution in [0.4, 0.5) is 10.1 Å². The van der Waals surface area contributed by atoms with Gasteiger partial charge in [0.05, 0.1) is 17.2 Å². The molecule has 2 aromatic rings. The second kappa shape index (κ2) is 9.35. The molecule has 1 aromatic heterocycles. The third-order valence-corrected chi connectivity index (χ3v) is 7.12. The number of allylic oxidation sites excluding steroid dienone is 1. The molecule has 0 radical (unpaired) electrons. The van der Waals surface area contributed by atoms with Crippen LogP contribution in [0.3, 0.4) is 0 Å². The first-order chi connectivity index (χ1) is 16.4. The Balaban J connectivity index is 1.38. The fourth-order valence-electron chi connectivity index (χ4n) is 5.55. The Hall–Kier alpha value is -2.97. The van der Waals surface area contributed by atoms with Crippen LogP contribution in [0.15, 0.2) is 18.2 Å². The first-order valence-corrected chi connectivity index (χ1v) is 12.2. The molecule has 34 heavy (non-hydrogen) atoms. The quantitative estimate of drug-likeness (QED) is 0.509. The van der Waals surface area contributed by atoms with Crippen molar-refractivity contribution in [3.05, 3.63) is 52.1 Å². The van der Waals surface area contributed by atoms with Crippen molar-refractivity contribution in [2.75, 3.05) is 31.5 Å². The largest absolute Gasteiger partial charge is 0.390 e. The first-order valence-electron chi connectivity index (χ1n) is 12.2. The van der Waals surface area contributed by atoms with Crippen LogP contribution >= 0.6 is 0 Å². The van der Waals surface area contributed by atoms with Crippen LogP contribution < -0.4 is 10.6 Å². The highest BCUT2D eigenvalue weighted by atomic mass is 19.1. The second-order valence-electron chi connectivity index (χ2n) is 9.55. The Kier molecular flexibility index (Phi) is 6.27. The molecule has 3 heterocycles. The lowest BCUT2D eigenvalue weighted by molar-refractivity contribution is -0.110. The van der Waals surface area contributed by atoms with Crippen LogP contribution in [0.5, 0.6) is 0 Å². The molecule has 4 N–H and O–H groups in total. The highest BCUT2D eigenvalue weighted by Gasteiger charge is 2.33. The van der Waals surface area contributed by atoms with Gasteiger partial charge >= 0.3 is 0 Å². The maximum absolute atomic E-state index is 14.0. The molecule has 1 atom stereocenters. The number of carbonyl (C=O) groups excluding carboxylic acids is 2. The summed E-state index contributed by atoms with van der Waals surface area (Å²) in [6.45, 7) is 4.59. The van der Waals surface area contributed by atoms with Gasteiger partial charge in [-0.1, -0.05) is 6.42 Å². The summed E-state index contributed by atoms with van der Waals surface area (Å²) in [5.41, 5.74) is 5.42. The minimum atomic E-state index is -0.622. The third-order valence-electron chi connectivity index (χ3n) is 7.12. The summed E-state index contributed by atoms with van der Waals surface area (Å²) in [7, 11) is 0. The molecule has 180 valence electrons. The molecular formula is C26H31FN4O3. The van der Waals surface area contributed by atoms with Crippen LogP contribution in [-0.2, 0) is 11.2 Å². The number of hydrogen-bond acceptors (Lipinski definition) is 4. The summed E-state index contributed by atoms with van der Waals surface area (Å²) in [6, 6.07) is 4.30. The van der Waals surface area contributed by atoms with Crippen LogP contribution in [0.1, 0.15) is 65.0 Å². The minimum Gasteiger partial charge on any atom is -0.390 e. The number of aliphatic hydroxyl groups is 1. The number of aromatic amines is 1. The second-order valence-corrected chi connectivity index (χ2v) is 9.55. The smallest absolute Gasteiger partial charge is 0.256 e. The van der Waals surface area contributed by atoms with Gasteiger partial charge in [-0.2, -0.15) is 0 Å². The Morgan fingerprint density at radius 1 is 1.21 bits per heavy atom. The van der Waals surface area contributed by atoms with E-state index < -0.39 is 11.9 Å². The molecule has 7 nitrogen and oxygen atoms in total. The summed E-state index contributed by atoms with van der Waals surface area (Å²) in [5, 5.41) is 16.2. The van der Waals surface area contributed by atoms with Crippen LogP contribution in [0, 0.1) is 12.7 Å². The molecule has 1 unspecified atom stereocenters. The van der Waals surface area contributed by atoms with Gasteiger partial charge in [-0.25, -0.2) is 4.39 Å². The number of rotatable bonds is 5. The van der Waals surface area contributed by atoms with Crippen molar-refractivity contribution in [2.24, 2.45) is 0 Å². The number of carbonyl (C=O) groups is 2. The van der Waals surface area contributed by atoms with Crippen molar-refractivity contribution < 1.29 is 19.1 Å². The SMILES string of the molecule is Cc1[nH]c2c(c1C(=O)NCC(O)CN1CCCCC1)CCC/C2=C1/C(=O)Nc2ccc(F)cc21. The van der Waals surface area contributed by atoms with Crippen molar-refractivity contribution in [1.82, 2.24) is 15.2 Å². The number of piperidine rings is 1. The highest BCUT2D eigenvalue weighted by Crippen LogP contribution is 2.43. The molecule has 1 saturated heterocycles. The molecule has 2 amide bonds. The Morgan fingerprint density at radius 2 is 2.00 bits per heavy atom. The molecule has 1 aliphatic carbocycles. The van der Waals surface area contributed by atoms with Gasteiger partial charge in [-0.15, -0.1) is 0 Å². The van der Waals surface area contributed by atoms with Crippen molar-refractivity contribution in [2.45, 2.75) is 51.6 Å². The molecule has 1 fully saturated rings. The summed E-state index contributed by atoms with van der Waals surface area (Å²) < 4.78 is 14.0. The number of aromatic nitrogens is 1. The topological polar surface area (TPSA) is 97.5 Å². The highest BCUT2D eigenvalue weighted by molar-refractivity contribution is 6.36. The average Bonchev–Trinajstić information content (AvgIpc) is 3.33. The number of amides is 2. The van der Waals surface area contributed by atoms with E-state index in [1.54, 1.807) is 6.07 Å². The lowest BCUT2D eigenvalue weighted by Crippen LogP contribution is -2.42. The standard InChI is InChI=1S/C26H31FN4O3/c1-15-22(25(33)28-13-17(32)14-31-10-3-2-4-11-31)18-6-5-7-19(24(18)29-15)23-20-12-16(27)8-9-21(20)30-26(23)34/h8-9,12,17,29,32H,2-7,10-11,13-14H2,1H3,(H,28,33)(H,30,34)/b23-19-. The predicted molar refractivity (Wildman–Crippen MR) is 129 cm³/mol. The number of aryl methyl sites for hydroxylation is 1. The van der Waals surface area contributed by atoms with Gasteiger partial charge in [0.2, 0.25) is 0 Å². The third kappa shape index (κ3) is 4.28. The fraction of sp³-hybridized carbons (Fsp3) is 0.462. The zero-order valence-electron chi connectivity index (χ0n) is 19.5. The van der Waals surface area contributed by atoms with Crippen LogP contribution in [-0.4, -0.2) is 59.1 Å². The van der Waals surface area contributed by atoms with Gasteiger partial charge in [0.25, 0.3) is 11.8 Å². The van der Waals surface area contributed by atoms with E-state index in [-0.39, 0.29) is 18.4 Å². The number of halogens is 1. The van der Waals surface area contributed by atoms with E-state index in [1.807, 2.05) is 6.92 Å². The van der Waals surface area contributed by atoms with E-state index in [0.717, 1.165) is 54.9 Å². The first kappa shape index (κ1) is 22.8. The zero-order valence-corrected chi connectivity index (χ0v) is 19.5. The van der Waals surface area contributed by atoms with Crippen LogP contribution in [0.25, 0.3) is 11.1 Å². The van der Waals surface area contributed by atoms with Crippen molar-refractivity contribution >= 4 is 28.6 Å². The average molecular weight is 467 g/mol. The maximum atomic E-state index is 14.0.